The lowest BCUT2D eigenvalue weighted by Gasteiger charge is -2.08. The Hall–Kier alpha value is -3.38. The average Bonchev–Trinajstić information content (AvgIpc) is 3.20. The van der Waals surface area contributed by atoms with Gasteiger partial charge in [0.15, 0.2) is 0 Å². The lowest BCUT2D eigenvalue weighted by Crippen LogP contribution is -2.12. The Balaban J connectivity index is 1.72. The van der Waals surface area contributed by atoms with Crippen LogP contribution in [0.5, 0.6) is 5.75 Å². The molecule has 0 fully saturated rings. The number of carbonyl (C=O) groups is 1. The Morgan fingerprint density at radius 3 is 2.57 bits per heavy atom. The first-order valence-corrected chi connectivity index (χ1v) is 10.2. The summed E-state index contributed by atoms with van der Waals surface area (Å²) >= 11 is 3.48. The molecule has 0 aliphatic carbocycles. The maximum Gasteiger partial charge on any atom is 0.259 e. The predicted octanol–water partition coefficient (Wildman–Crippen LogP) is 5.62. The third kappa shape index (κ3) is 4.44. The van der Waals surface area contributed by atoms with Gasteiger partial charge in [0, 0.05) is 16.2 Å². The van der Waals surface area contributed by atoms with E-state index in [1.165, 1.54) is 0 Å². The van der Waals surface area contributed by atoms with Gasteiger partial charge in [-0.25, -0.2) is 0 Å². The molecule has 150 valence electrons. The number of halogens is 1. The second-order valence-corrected chi connectivity index (χ2v) is 7.59. The van der Waals surface area contributed by atoms with Crippen LogP contribution in [0.3, 0.4) is 0 Å². The number of anilines is 1. The molecule has 0 radical (unpaired) electrons. The minimum absolute atomic E-state index is 0.223. The van der Waals surface area contributed by atoms with Crippen LogP contribution in [0.15, 0.2) is 89.5 Å². The van der Waals surface area contributed by atoms with Gasteiger partial charge in [0.1, 0.15) is 11.4 Å². The maximum atomic E-state index is 13.2. The van der Waals surface area contributed by atoms with Crippen molar-refractivity contribution < 1.29 is 9.53 Å². The van der Waals surface area contributed by atoms with Gasteiger partial charge in [0.25, 0.3) is 5.91 Å². The van der Waals surface area contributed by atoms with Crippen LogP contribution in [0, 0.1) is 0 Å². The SMILES string of the molecule is COc1cccc(-c2nn(Cc3ccccc3)cc2C(=O)Nc2ccccc2Br)c1. The summed E-state index contributed by atoms with van der Waals surface area (Å²) in [4.78, 5) is 13.2. The highest BCUT2D eigenvalue weighted by Crippen LogP contribution is 2.28. The molecule has 0 saturated carbocycles. The molecule has 1 amide bonds. The highest BCUT2D eigenvalue weighted by Gasteiger charge is 2.19. The van der Waals surface area contributed by atoms with Gasteiger partial charge in [-0.3, -0.25) is 9.48 Å². The Morgan fingerprint density at radius 2 is 1.80 bits per heavy atom. The van der Waals surface area contributed by atoms with Crippen molar-refractivity contribution in [2.45, 2.75) is 6.54 Å². The molecular formula is C24H20BrN3O2. The molecule has 6 heteroatoms. The fourth-order valence-corrected chi connectivity index (χ4v) is 3.56. The van der Waals surface area contributed by atoms with Gasteiger partial charge in [0.05, 0.1) is 24.9 Å². The lowest BCUT2D eigenvalue weighted by molar-refractivity contribution is 0.102. The first kappa shape index (κ1) is 19.9. The summed E-state index contributed by atoms with van der Waals surface area (Å²) in [5.74, 6) is 0.487. The van der Waals surface area contributed by atoms with E-state index in [1.807, 2.05) is 78.9 Å². The lowest BCUT2D eigenvalue weighted by atomic mass is 10.1. The molecular weight excluding hydrogens is 442 g/mol. The summed E-state index contributed by atoms with van der Waals surface area (Å²) in [5, 5.41) is 7.70. The van der Waals surface area contributed by atoms with Crippen LogP contribution in [-0.4, -0.2) is 22.8 Å². The van der Waals surface area contributed by atoms with E-state index in [0.717, 1.165) is 15.6 Å². The van der Waals surface area contributed by atoms with Crippen LogP contribution < -0.4 is 10.1 Å². The number of amides is 1. The minimum atomic E-state index is -0.223. The van der Waals surface area contributed by atoms with E-state index in [4.69, 9.17) is 9.84 Å². The Kier molecular flexibility index (Phi) is 5.95. The van der Waals surface area contributed by atoms with Crippen LogP contribution >= 0.6 is 15.9 Å². The first-order chi connectivity index (χ1) is 14.6. The molecule has 0 bridgehead atoms. The quantitative estimate of drug-likeness (QED) is 0.405. The van der Waals surface area contributed by atoms with Gasteiger partial charge in [-0.05, 0) is 45.8 Å². The fraction of sp³-hybridized carbons (Fsp3) is 0.0833. The van der Waals surface area contributed by atoms with Crippen molar-refractivity contribution in [3.8, 4) is 17.0 Å². The third-order valence-corrected chi connectivity index (χ3v) is 5.35. The van der Waals surface area contributed by atoms with Gasteiger partial charge in [0.2, 0.25) is 0 Å². The third-order valence-electron chi connectivity index (χ3n) is 4.66. The molecule has 1 N–H and O–H groups in total. The topological polar surface area (TPSA) is 56.2 Å². The van der Waals surface area contributed by atoms with E-state index < -0.39 is 0 Å². The number of benzene rings is 3. The van der Waals surface area contributed by atoms with Gasteiger partial charge in [-0.1, -0.05) is 54.6 Å². The average molecular weight is 462 g/mol. The van der Waals surface area contributed by atoms with Crippen molar-refractivity contribution >= 4 is 27.5 Å². The number of methoxy groups -OCH3 is 1. The van der Waals surface area contributed by atoms with Crippen molar-refractivity contribution in [2.24, 2.45) is 0 Å². The summed E-state index contributed by atoms with van der Waals surface area (Å²) in [6.45, 7) is 0.570. The minimum Gasteiger partial charge on any atom is -0.497 e. The van der Waals surface area contributed by atoms with Crippen molar-refractivity contribution in [2.75, 3.05) is 12.4 Å². The molecule has 4 aromatic rings. The molecule has 5 nitrogen and oxygen atoms in total. The second-order valence-electron chi connectivity index (χ2n) is 6.74. The Labute approximate surface area is 183 Å². The normalized spacial score (nSPS) is 10.6. The van der Waals surface area contributed by atoms with E-state index in [9.17, 15) is 4.79 Å². The smallest absolute Gasteiger partial charge is 0.259 e. The monoisotopic (exact) mass is 461 g/mol. The predicted molar refractivity (Wildman–Crippen MR) is 122 cm³/mol. The van der Waals surface area contributed by atoms with E-state index in [2.05, 4.69) is 21.2 Å². The van der Waals surface area contributed by atoms with Gasteiger partial charge >= 0.3 is 0 Å². The molecule has 0 spiro atoms. The summed E-state index contributed by atoms with van der Waals surface area (Å²) in [7, 11) is 1.62. The molecule has 0 aliphatic heterocycles. The van der Waals surface area contributed by atoms with Crippen molar-refractivity contribution in [1.82, 2.24) is 9.78 Å². The number of rotatable bonds is 6. The van der Waals surface area contributed by atoms with Crippen LogP contribution in [-0.2, 0) is 6.54 Å². The van der Waals surface area contributed by atoms with Crippen LogP contribution in [0.4, 0.5) is 5.69 Å². The van der Waals surface area contributed by atoms with Gasteiger partial charge < -0.3 is 10.1 Å². The molecule has 3 aromatic carbocycles. The number of ether oxygens (including phenoxy) is 1. The number of aromatic nitrogens is 2. The molecule has 30 heavy (non-hydrogen) atoms. The van der Waals surface area contributed by atoms with E-state index >= 15 is 0 Å². The maximum absolute atomic E-state index is 13.2. The number of hydrogen-bond donors (Lipinski definition) is 1. The summed E-state index contributed by atoms with van der Waals surface area (Å²) in [6.07, 6.45) is 1.79. The zero-order chi connectivity index (χ0) is 20.9. The van der Waals surface area contributed by atoms with Gasteiger partial charge in [-0.15, -0.1) is 0 Å². The van der Waals surface area contributed by atoms with E-state index in [0.29, 0.717) is 29.2 Å². The molecule has 4 rings (SSSR count). The van der Waals surface area contributed by atoms with E-state index in [-0.39, 0.29) is 5.91 Å². The van der Waals surface area contributed by atoms with Gasteiger partial charge in [-0.2, -0.15) is 5.10 Å². The molecule has 0 aliphatic rings. The highest BCUT2D eigenvalue weighted by atomic mass is 79.9. The fourth-order valence-electron chi connectivity index (χ4n) is 3.17. The summed E-state index contributed by atoms with van der Waals surface area (Å²) in [6, 6.07) is 25.1. The molecule has 1 aromatic heterocycles. The standard InChI is InChI=1S/C24H20BrN3O2/c1-30-19-11-7-10-18(14-19)23-20(24(29)26-22-13-6-5-12-21(22)25)16-28(27-23)15-17-8-3-2-4-9-17/h2-14,16H,15H2,1H3,(H,26,29). The number of nitrogens with zero attached hydrogens (tertiary/aromatic N) is 2. The molecule has 0 saturated heterocycles. The number of hydrogen-bond acceptors (Lipinski definition) is 3. The molecule has 0 atom stereocenters. The number of para-hydroxylation sites is 1. The molecule has 0 unspecified atom stereocenters. The van der Waals surface area contributed by atoms with Crippen molar-refractivity contribution in [3.63, 3.8) is 0 Å². The van der Waals surface area contributed by atoms with Crippen LogP contribution in [0.25, 0.3) is 11.3 Å². The highest BCUT2D eigenvalue weighted by molar-refractivity contribution is 9.10. The van der Waals surface area contributed by atoms with Crippen LogP contribution in [0.1, 0.15) is 15.9 Å². The number of nitrogens with one attached hydrogen (secondary N) is 1. The zero-order valence-electron chi connectivity index (χ0n) is 16.4. The Bertz CT molecular complexity index is 1170. The Morgan fingerprint density at radius 1 is 1.03 bits per heavy atom. The summed E-state index contributed by atoms with van der Waals surface area (Å²) < 4.78 is 7.96. The summed E-state index contributed by atoms with van der Waals surface area (Å²) in [5.41, 5.74) is 3.73. The first-order valence-electron chi connectivity index (χ1n) is 9.46. The molecule has 1 heterocycles. The van der Waals surface area contributed by atoms with Crippen molar-refractivity contribution in [3.05, 3.63) is 101 Å². The zero-order valence-corrected chi connectivity index (χ0v) is 18.0. The van der Waals surface area contributed by atoms with Crippen LogP contribution in [0.2, 0.25) is 0 Å². The van der Waals surface area contributed by atoms with Crippen molar-refractivity contribution in [1.29, 1.82) is 0 Å². The van der Waals surface area contributed by atoms with E-state index in [1.54, 1.807) is 18.0 Å². The number of carbonyl (C=O) groups excluding carboxylic acids is 1. The largest absolute Gasteiger partial charge is 0.497 e. The second kappa shape index (κ2) is 8.97.